The molecule has 2 amide bonds. The Morgan fingerprint density at radius 2 is 1.89 bits per heavy atom. The number of carbonyl (C=O) groups excluding carboxylic acids is 1. The van der Waals surface area contributed by atoms with E-state index in [1.165, 1.54) is 6.42 Å². The number of urea groups is 1. The summed E-state index contributed by atoms with van der Waals surface area (Å²) in [6.45, 7) is 2.86. The van der Waals surface area contributed by atoms with Gasteiger partial charge in [-0.15, -0.1) is 0 Å². The van der Waals surface area contributed by atoms with Crippen molar-refractivity contribution >= 4 is 12.0 Å². The molecule has 2 aliphatic rings. The highest BCUT2D eigenvalue weighted by molar-refractivity contribution is 5.76. The lowest BCUT2D eigenvalue weighted by molar-refractivity contribution is -0.143. The van der Waals surface area contributed by atoms with E-state index in [1.54, 1.807) is 0 Å². The first-order valence-corrected chi connectivity index (χ1v) is 7.27. The van der Waals surface area contributed by atoms with Gasteiger partial charge >= 0.3 is 12.0 Å². The molecule has 2 atom stereocenters. The van der Waals surface area contributed by atoms with E-state index in [4.69, 9.17) is 5.11 Å². The Morgan fingerprint density at radius 3 is 2.47 bits per heavy atom. The standard InChI is InChI=1S/C14H24N2O3/c1-14(7-4-8-14)9-15-13(19)16-11-6-3-2-5-10(11)12(17)18/h10-11H,2-9H2,1H3,(H,17,18)(H2,15,16,19). The normalized spacial score (nSPS) is 29.1. The lowest BCUT2D eigenvalue weighted by Crippen LogP contribution is -2.51. The van der Waals surface area contributed by atoms with Crippen molar-refractivity contribution in [2.24, 2.45) is 11.3 Å². The zero-order chi connectivity index (χ0) is 13.9. The third-order valence-corrected chi connectivity index (χ3v) is 4.64. The van der Waals surface area contributed by atoms with Crippen LogP contribution in [0, 0.1) is 11.3 Å². The maximum absolute atomic E-state index is 11.9. The van der Waals surface area contributed by atoms with Crippen LogP contribution in [0.4, 0.5) is 4.79 Å². The van der Waals surface area contributed by atoms with Gasteiger partial charge in [0.2, 0.25) is 0 Å². The molecule has 2 saturated carbocycles. The van der Waals surface area contributed by atoms with E-state index < -0.39 is 11.9 Å². The van der Waals surface area contributed by atoms with E-state index in [1.807, 2.05) is 0 Å². The van der Waals surface area contributed by atoms with Crippen molar-refractivity contribution in [3.05, 3.63) is 0 Å². The van der Waals surface area contributed by atoms with E-state index in [9.17, 15) is 9.59 Å². The predicted molar refractivity (Wildman–Crippen MR) is 71.9 cm³/mol. The van der Waals surface area contributed by atoms with Crippen molar-refractivity contribution in [2.75, 3.05) is 6.54 Å². The van der Waals surface area contributed by atoms with Gasteiger partial charge in [0.15, 0.2) is 0 Å². The summed E-state index contributed by atoms with van der Waals surface area (Å²) in [5, 5.41) is 14.9. The average molecular weight is 268 g/mol. The van der Waals surface area contributed by atoms with Gasteiger partial charge in [0.1, 0.15) is 0 Å². The van der Waals surface area contributed by atoms with Gasteiger partial charge in [-0.25, -0.2) is 4.79 Å². The van der Waals surface area contributed by atoms with Gasteiger partial charge in [-0.1, -0.05) is 26.2 Å². The Kier molecular flexibility index (Phi) is 4.32. The molecular formula is C14H24N2O3. The van der Waals surface area contributed by atoms with Crippen molar-refractivity contribution in [2.45, 2.75) is 57.9 Å². The highest BCUT2D eigenvalue weighted by Gasteiger charge is 2.34. The summed E-state index contributed by atoms with van der Waals surface area (Å²) in [5.74, 6) is -1.23. The van der Waals surface area contributed by atoms with Gasteiger partial charge in [-0.05, 0) is 31.1 Å². The fraction of sp³-hybridized carbons (Fsp3) is 0.857. The fourth-order valence-corrected chi connectivity index (χ4v) is 3.07. The fourth-order valence-electron chi connectivity index (χ4n) is 3.07. The molecule has 5 heteroatoms. The van der Waals surface area contributed by atoms with Crippen molar-refractivity contribution in [3.8, 4) is 0 Å². The summed E-state index contributed by atoms with van der Waals surface area (Å²) in [6.07, 6.45) is 6.92. The molecule has 5 nitrogen and oxygen atoms in total. The number of carbonyl (C=O) groups is 2. The topological polar surface area (TPSA) is 78.4 Å². The maximum atomic E-state index is 11.9. The van der Waals surface area contributed by atoms with E-state index in [-0.39, 0.29) is 17.5 Å². The minimum Gasteiger partial charge on any atom is -0.481 e. The first kappa shape index (κ1) is 14.2. The number of amides is 2. The van der Waals surface area contributed by atoms with Crippen LogP contribution in [-0.2, 0) is 4.79 Å². The summed E-state index contributed by atoms with van der Waals surface area (Å²) in [6, 6.07) is -0.438. The molecule has 2 rings (SSSR count). The van der Waals surface area contributed by atoms with Gasteiger partial charge in [0, 0.05) is 12.6 Å². The van der Waals surface area contributed by atoms with Crippen molar-refractivity contribution < 1.29 is 14.7 Å². The first-order chi connectivity index (χ1) is 9.00. The van der Waals surface area contributed by atoms with Crippen LogP contribution < -0.4 is 10.6 Å². The van der Waals surface area contributed by atoms with Gasteiger partial charge in [0.25, 0.3) is 0 Å². The van der Waals surface area contributed by atoms with Crippen molar-refractivity contribution in [1.29, 1.82) is 0 Å². The molecular weight excluding hydrogens is 244 g/mol. The molecule has 2 unspecified atom stereocenters. The summed E-state index contributed by atoms with van der Waals surface area (Å²) >= 11 is 0. The lowest BCUT2D eigenvalue weighted by atomic mass is 9.70. The van der Waals surface area contributed by atoms with Crippen LogP contribution in [0.15, 0.2) is 0 Å². The Balaban J connectivity index is 1.78. The second-order valence-corrected chi connectivity index (χ2v) is 6.33. The number of hydrogen-bond donors (Lipinski definition) is 3. The van der Waals surface area contributed by atoms with Gasteiger partial charge in [-0.2, -0.15) is 0 Å². The van der Waals surface area contributed by atoms with Crippen LogP contribution in [0.1, 0.15) is 51.9 Å². The Hall–Kier alpha value is -1.26. The molecule has 0 aromatic carbocycles. The second-order valence-electron chi connectivity index (χ2n) is 6.33. The van der Waals surface area contributed by atoms with E-state index >= 15 is 0 Å². The molecule has 19 heavy (non-hydrogen) atoms. The molecule has 0 spiro atoms. The van der Waals surface area contributed by atoms with Crippen LogP contribution in [-0.4, -0.2) is 29.7 Å². The SMILES string of the molecule is CC1(CNC(=O)NC2CCCCC2C(=O)O)CCC1. The van der Waals surface area contributed by atoms with E-state index in [0.29, 0.717) is 13.0 Å². The second kappa shape index (κ2) is 5.80. The zero-order valence-corrected chi connectivity index (χ0v) is 11.6. The van der Waals surface area contributed by atoms with Crippen molar-refractivity contribution in [1.82, 2.24) is 10.6 Å². The van der Waals surface area contributed by atoms with Crippen LogP contribution in [0.25, 0.3) is 0 Å². The summed E-state index contributed by atoms with van der Waals surface area (Å²) in [7, 11) is 0. The number of carboxylic acids is 1. The number of nitrogens with one attached hydrogen (secondary N) is 2. The number of rotatable bonds is 4. The molecule has 0 heterocycles. The molecule has 0 aliphatic heterocycles. The lowest BCUT2D eigenvalue weighted by Gasteiger charge is -2.38. The summed E-state index contributed by atoms with van der Waals surface area (Å²) < 4.78 is 0. The molecule has 0 aromatic heterocycles. The molecule has 2 aliphatic carbocycles. The number of carboxylic acid groups (broad SMARTS) is 1. The van der Waals surface area contributed by atoms with E-state index in [2.05, 4.69) is 17.6 Å². The number of hydrogen-bond acceptors (Lipinski definition) is 2. The highest BCUT2D eigenvalue weighted by atomic mass is 16.4. The Morgan fingerprint density at radius 1 is 1.21 bits per heavy atom. The molecule has 3 N–H and O–H groups in total. The molecule has 0 bridgehead atoms. The molecule has 2 fully saturated rings. The van der Waals surface area contributed by atoms with Gasteiger partial charge < -0.3 is 15.7 Å². The summed E-state index contributed by atoms with van der Waals surface area (Å²) in [5.41, 5.74) is 0.246. The Bertz CT molecular complexity index is 353. The monoisotopic (exact) mass is 268 g/mol. The van der Waals surface area contributed by atoms with Gasteiger partial charge in [0.05, 0.1) is 5.92 Å². The minimum atomic E-state index is -0.795. The quantitative estimate of drug-likeness (QED) is 0.730. The molecule has 108 valence electrons. The molecule has 0 saturated heterocycles. The van der Waals surface area contributed by atoms with Crippen molar-refractivity contribution in [3.63, 3.8) is 0 Å². The minimum absolute atomic E-state index is 0.216. The molecule has 0 aromatic rings. The molecule has 0 radical (unpaired) electrons. The first-order valence-electron chi connectivity index (χ1n) is 7.27. The average Bonchev–Trinajstić information content (AvgIpc) is 2.34. The smallest absolute Gasteiger partial charge is 0.315 e. The largest absolute Gasteiger partial charge is 0.481 e. The third kappa shape index (κ3) is 3.61. The van der Waals surface area contributed by atoms with Crippen LogP contribution >= 0.6 is 0 Å². The van der Waals surface area contributed by atoms with Gasteiger partial charge in [-0.3, -0.25) is 4.79 Å². The Labute approximate surface area is 114 Å². The van der Waals surface area contributed by atoms with E-state index in [0.717, 1.165) is 32.1 Å². The highest BCUT2D eigenvalue weighted by Crippen LogP contribution is 2.39. The van der Waals surface area contributed by atoms with Crippen LogP contribution in [0.2, 0.25) is 0 Å². The predicted octanol–water partition coefficient (Wildman–Crippen LogP) is 2.12. The zero-order valence-electron chi connectivity index (χ0n) is 11.6. The maximum Gasteiger partial charge on any atom is 0.315 e. The third-order valence-electron chi connectivity index (χ3n) is 4.64. The van der Waals surface area contributed by atoms with Crippen LogP contribution in [0.3, 0.4) is 0 Å². The van der Waals surface area contributed by atoms with Crippen LogP contribution in [0.5, 0.6) is 0 Å². The summed E-state index contributed by atoms with van der Waals surface area (Å²) in [4.78, 5) is 23.0. The number of aliphatic carboxylic acids is 1.